The standard InChI is InChI=1S/C10H8ClN3O2/c11-9-3-2-8(10(6-9)14(15)16)7-13-5-1-4-12-13/h1-6H,7H2. The lowest BCUT2D eigenvalue weighted by molar-refractivity contribution is -0.385. The maximum absolute atomic E-state index is 10.8. The first-order chi connectivity index (χ1) is 7.66. The Morgan fingerprint density at radius 2 is 2.31 bits per heavy atom. The van der Waals surface area contributed by atoms with Crippen LogP contribution in [-0.4, -0.2) is 14.7 Å². The lowest BCUT2D eigenvalue weighted by atomic mass is 10.2. The minimum absolute atomic E-state index is 0.0167. The molecular weight excluding hydrogens is 230 g/mol. The van der Waals surface area contributed by atoms with Gasteiger partial charge in [0.25, 0.3) is 5.69 Å². The van der Waals surface area contributed by atoms with Crippen LogP contribution >= 0.6 is 11.6 Å². The topological polar surface area (TPSA) is 61.0 Å². The molecule has 2 aromatic rings. The van der Waals surface area contributed by atoms with Gasteiger partial charge in [0.1, 0.15) is 0 Å². The Hall–Kier alpha value is -1.88. The summed E-state index contributed by atoms with van der Waals surface area (Å²) in [5, 5.41) is 15.2. The van der Waals surface area contributed by atoms with E-state index < -0.39 is 4.92 Å². The van der Waals surface area contributed by atoms with E-state index in [1.165, 1.54) is 6.07 Å². The van der Waals surface area contributed by atoms with Crippen LogP contribution in [0.25, 0.3) is 0 Å². The third-order valence-corrected chi connectivity index (χ3v) is 2.37. The van der Waals surface area contributed by atoms with E-state index in [9.17, 15) is 10.1 Å². The summed E-state index contributed by atoms with van der Waals surface area (Å²) in [6.45, 7) is 0.362. The van der Waals surface area contributed by atoms with E-state index in [1.807, 2.05) is 0 Å². The Labute approximate surface area is 96.4 Å². The zero-order valence-electron chi connectivity index (χ0n) is 8.21. The predicted octanol–water partition coefficient (Wildman–Crippen LogP) is 2.49. The Balaban J connectivity index is 2.36. The second-order valence-electron chi connectivity index (χ2n) is 3.23. The van der Waals surface area contributed by atoms with Gasteiger partial charge < -0.3 is 0 Å². The summed E-state index contributed by atoms with van der Waals surface area (Å²) in [5.74, 6) is 0. The molecule has 0 saturated heterocycles. The van der Waals surface area contributed by atoms with Crippen molar-refractivity contribution < 1.29 is 4.92 Å². The minimum Gasteiger partial charge on any atom is -0.268 e. The Morgan fingerprint density at radius 3 is 2.94 bits per heavy atom. The van der Waals surface area contributed by atoms with Gasteiger partial charge in [-0.05, 0) is 18.2 Å². The first-order valence-corrected chi connectivity index (χ1v) is 4.95. The molecule has 0 aliphatic heterocycles. The van der Waals surface area contributed by atoms with Gasteiger partial charge in [-0.3, -0.25) is 14.8 Å². The third-order valence-electron chi connectivity index (χ3n) is 2.14. The van der Waals surface area contributed by atoms with Crippen molar-refractivity contribution in [1.82, 2.24) is 9.78 Å². The van der Waals surface area contributed by atoms with Gasteiger partial charge in [0.05, 0.1) is 17.0 Å². The van der Waals surface area contributed by atoms with Crippen LogP contribution in [-0.2, 0) is 6.54 Å². The summed E-state index contributed by atoms with van der Waals surface area (Å²) in [5.41, 5.74) is 0.598. The van der Waals surface area contributed by atoms with Crippen molar-refractivity contribution in [2.45, 2.75) is 6.54 Å². The molecule has 0 amide bonds. The number of rotatable bonds is 3. The molecule has 1 heterocycles. The number of nitro groups is 1. The minimum atomic E-state index is -0.440. The summed E-state index contributed by atoms with van der Waals surface area (Å²) in [6, 6.07) is 6.39. The van der Waals surface area contributed by atoms with Gasteiger partial charge in [0.15, 0.2) is 0 Å². The molecule has 2 rings (SSSR count). The molecule has 1 aromatic heterocycles. The second-order valence-corrected chi connectivity index (χ2v) is 3.67. The zero-order valence-corrected chi connectivity index (χ0v) is 8.96. The van der Waals surface area contributed by atoms with Crippen molar-refractivity contribution in [3.63, 3.8) is 0 Å². The number of nitrogens with zero attached hydrogens (tertiary/aromatic N) is 3. The quantitative estimate of drug-likeness (QED) is 0.609. The number of benzene rings is 1. The van der Waals surface area contributed by atoms with Crippen molar-refractivity contribution >= 4 is 17.3 Å². The second kappa shape index (κ2) is 4.32. The number of hydrogen-bond acceptors (Lipinski definition) is 3. The fourth-order valence-corrected chi connectivity index (χ4v) is 1.58. The van der Waals surface area contributed by atoms with E-state index in [-0.39, 0.29) is 5.69 Å². The van der Waals surface area contributed by atoms with Gasteiger partial charge in [0.2, 0.25) is 0 Å². The van der Waals surface area contributed by atoms with Crippen LogP contribution in [0.2, 0.25) is 5.02 Å². The van der Waals surface area contributed by atoms with E-state index in [0.717, 1.165) is 0 Å². The molecule has 82 valence electrons. The molecule has 0 aliphatic rings. The third kappa shape index (κ3) is 2.20. The molecule has 6 heteroatoms. The van der Waals surface area contributed by atoms with Gasteiger partial charge in [-0.15, -0.1) is 0 Å². The number of hydrogen-bond donors (Lipinski definition) is 0. The fourth-order valence-electron chi connectivity index (χ4n) is 1.41. The van der Waals surface area contributed by atoms with Crippen LogP contribution in [0.5, 0.6) is 0 Å². The van der Waals surface area contributed by atoms with E-state index >= 15 is 0 Å². The van der Waals surface area contributed by atoms with E-state index in [4.69, 9.17) is 11.6 Å². The first-order valence-electron chi connectivity index (χ1n) is 4.57. The highest BCUT2D eigenvalue weighted by Gasteiger charge is 2.14. The van der Waals surface area contributed by atoms with Gasteiger partial charge in [-0.25, -0.2) is 0 Å². The highest BCUT2D eigenvalue weighted by atomic mass is 35.5. The van der Waals surface area contributed by atoms with Crippen molar-refractivity contribution in [2.75, 3.05) is 0 Å². The molecule has 0 spiro atoms. The zero-order chi connectivity index (χ0) is 11.5. The SMILES string of the molecule is O=[N+]([O-])c1cc(Cl)ccc1Cn1cccn1. The van der Waals surface area contributed by atoms with E-state index in [0.29, 0.717) is 17.1 Å². The van der Waals surface area contributed by atoms with Crippen LogP contribution in [0.15, 0.2) is 36.7 Å². The molecule has 0 aliphatic carbocycles. The molecule has 0 fully saturated rings. The molecule has 0 N–H and O–H groups in total. The van der Waals surface area contributed by atoms with E-state index in [2.05, 4.69) is 5.10 Å². The molecule has 0 radical (unpaired) electrons. The highest BCUT2D eigenvalue weighted by Crippen LogP contribution is 2.23. The van der Waals surface area contributed by atoms with Crippen LogP contribution < -0.4 is 0 Å². The predicted molar refractivity (Wildman–Crippen MR) is 59.4 cm³/mol. The average Bonchev–Trinajstić information content (AvgIpc) is 2.73. The van der Waals surface area contributed by atoms with Gasteiger partial charge in [0, 0.05) is 23.5 Å². The van der Waals surface area contributed by atoms with Crippen LogP contribution in [0.3, 0.4) is 0 Å². The fraction of sp³-hybridized carbons (Fsp3) is 0.100. The summed E-state index contributed by atoms with van der Waals surface area (Å²) in [4.78, 5) is 10.4. The molecular formula is C10H8ClN3O2. The van der Waals surface area contributed by atoms with Gasteiger partial charge >= 0.3 is 0 Å². The Kier molecular flexibility index (Phi) is 2.87. The molecule has 1 aromatic carbocycles. The molecule has 5 nitrogen and oxygen atoms in total. The molecule has 0 bridgehead atoms. The highest BCUT2D eigenvalue weighted by molar-refractivity contribution is 6.30. The molecule has 0 atom stereocenters. The van der Waals surface area contributed by atoms with Crippen molar-refractivity contribution in [3.05, 3.63) is 57.4 Å². The van der Waals surface area contributed by atoms with Crippen molar-refractivity contribution in [2.24, 2.45) is 0 Å². The maximum atomic E-state index is 10.8. The van der Waals surface area contributed by atoms with Crippen molar-refractivity contribution in [3.8, 4) is 0 Å². The van der Waals surface area contributed by atoms with E-state index in [1.54, 1.807) is 35.3 Å². The molecule has 0 saturated carbocycles. The number of halogens is 1. The largest absolute Gasteiger partial charge is 0.275 e. The average molecular weight is 238 g/mol. The summed E-state index contributed by atoms with van der Waals surface area (Å²) < 4.78 is 1.62. The summed E-state index contributed by atoms with van der Waals surface area (Å²) in [6.07, 6.45) is 3.38. The van der Waals surface area contributed by atoms with Gasteiger partial charge in [-0.2, -0.15) is 5.10 Å². The van der Waals surface area contributed by atoms with Gasteiger partial charge in [-0.1, -0.05) is 11.6 Å². The monoisotopic (exact) mass is 237 g/mol. The van der Waals surface area contributed by atoms with Crippen LogP contribution in [0.4, 0.5) is 5.69 Å². The van der Waals surface area contributed by atoms with Crippen LogP contribution in [0.1, 0.15) is 5.56 Å². The lowest BCUT2D eigenvalue weighted by Gasteiger charge is -2.03. The first kappa shape index (κ1) is 10.6. The summed E-state index contributed by atoms with van der Waals surface area (Å²) in [7, 11) is 0. The smallest absolute Gasteiger partial charge is 0.268 e. The molecule has 16 heavy (non-hydrogen) atoms. The normalized spacial score (nSPS) is 10.3. The molecule has 0 unspecified atom stereocenters. The van der Waals surface area contributed by atoms with Crippen molar-refractivity contribution in [1.29, 1.82) is 0 Å². The summed E-state index contributed by atoms with van der Waals surface area (Å²) >= 11 is 5.72. The Morgan fingerprint density at radius 1 is 1.50 bits per heavy atom. The lowest BCUT2D eigenvalue weighted by Crippen LogP contribution is -2.03. The maximum Gasteiger partial charge on any atom is 0.275 e. The number of aromatic nitrogens is 2. The van der Waals surface area contributed by atoms with Crippen LogP contribution in [0, 0.1) is 10.1 Å². The Bertz CT molecular complexity index is 511. The number of nitro benzene ring substituents is 1.